The van der Waals surface area contributed by atoms with Gasteiger partial charge in [0, 0.05) is 43.6 Å². The summed E-state index contributed by atoms with van der Waals surface area (Å²) in [6.45, 7) is 8.02. The van der Waals surface area contributed by atoms with Crippen LogP contribution in [0, 0.1) is 0 Å². The molecule has 3 heterocycles. The van der Waals surface area contributed by atoms with Gasteiger partial charge in [-0.3, -0.25) is 19.4 Å². The molecule has 1 aromatic rings. The number of amides is 2. The van der Waals surface area contributed by atoms with Crippen LogP contribution < -0.4 is 5.32 Å². The van der Waals surface area contributed by atoms with Gasteiger partial charge >= 0.3 is 0 Å². The minimum Gasteiger partial charge on any atom is -0.350 e. The van der Waals surface area contributed by atoms with Gasteiger partial charge in [-0.2, -0.15) is 0 Å². The van der Waals surface area contributed by atoms with E-state index in [1.807, 2.05) is 22.4 Å². The first-order valence-corrected chi connectivity index (χ1v) is 10.5. The molecule has 2 aliphatic heterocycles. The van der Waals surface area contributed by atoms with Gasteiger partial charge in [0.1, 0.15) is 0 Å². The molecule has 0 saturated carbocycles. The lowest BCUT2D eigenvalue weighted by atomic mass is 10.0. The highest BCUT2D eigenvalue weighted by molar-refractivity contribution is 7.09. The molecule has 2 saturated heterocycles. The number of hydrogen-bond acceptors (Lipinski definition) is 5. The Hall–Kier alpha value is -1.44. The molecule has 3 rings (SSSR count). The number of piperazine rings is 1. The smallest absolute Gasteiger partial charge is 0.236 e. The molecule has 144 valence electrons. The van der Waals surface area contributed by atoms with Crippen LogP contribution in [0.25, 0.3) is 0 Å². The summed E-state index contributed by atoms with van der Waals surface area (Å²) in [7, 11) is 0. The van der Waals surface area contributed by atoms with Crippen molar-refractivity contribution in [2.75, 3.05) is 45.8 Å². The Labute approximate surface area is 160 Å². The minimum atomic E-state index is 0.0741. The first kappa shape index (κ1) is 19.3. The number of nitrogens with one attached hydrogen (secondary N) is 1. The number of thiophene rings is 1. The second kappa shape index (κ2) is 9.48. The summed E-state index contributed by atoms with van der Waals surface area (Å²) < 4.78 is 0. The molecule has 0 unspecified atom stereocenters. The summed E-state index contributed by atoms with van der Waals surface area (Å²) in [4.78, 5) is 32.3. The molecule has 26 heavy (non-hydrogen) atoms. The summed E-state index contributed by atoms with van der Waals surface area (Å²) in [6.07, 6.45) is 3.49. The van der Waals surface area contributed by atoms with Crippen LogP contribution in [0.1, 0.15) is 31.1 Å². The lowest BCUT2D eigenvalue weighted by Crippen LogP contribution is -2.53. The number of carbonyl (C=O) groups is 2. The van der Waals surface area contributed by atoms with E-state index >= 15 is 0 Å². The van der Waals surface area contributed by atoms with E-state index in [2.05, 4.69) is 22.0 Å². The molecule has 7 heteroatoms. The van der Waals surface area contributed by atoms with Gasteiger partial charge in [-0.15, -0.1) is 11.3 Å². The fraction of sp³-hybridized carbons (Fsp3) is 0.684. The van der Waals surface area contributed by atoms with Gasteiger partial charge in [0.05, 0.1) is 19.6 Å². The second-order valence-electron chi connectivity index (χ2n) is 7.34. The third-order valence-electron chi connectivity index (χ3n) is 5.35. The molecule has 6 nitrogen and oxygen atoms in total. The summed E-state index contributed by atoms with van der Waals surface area (Å²) in [5, 5.41) is 5.00. The zero-order chi connectivity index (χ0) is 18.4. The van der Waals surface area contributed by atoms with Crippen molar-refractivity contribution in [1.29, 1.82) is 0 Å². The summed E-state index contributed by atoms with van der Waals surface area (Å²) in [6, 6.07) is 4.41. The molecular weight excluding hydrogens is 348 g/mol. The van der Waals surface area contributed by atoms with Crippen LogP contribution in [0.2, 0.25) is 0 Å². The van der Waals surface area contributed by atoms with Crippen molar-refractivity contribution in [3.05, 3.63) is 22.4 Å². The highest BCUT2D eigenvalue weighted by Gasteiger charge is 2.26. The Morgan fingerprint density at radius 3 is 2.50 bits per heavy atom. The van der Waals surface area contributed by atoms with Crippen LogP contribution in [0.5, 0.6) is 0 Å². The zero-order valence-corrected chi connectivity index (χ0v) is 16.5. The normalized spacial score (nSPS) is 22.3. The molecule has 0 aliphatic carbocycles. The van der Waals surface area contributed by atoms with Crippen LogP contribution >= 0.6 is 11.3 Å². The standard InChI is InChI=1S/C19H30N4O2S/c1-16-5-2-3-7-23(16)19(25)15-22-10-8-21(9-11-22)14-18(24)20-13-17-6-4-12-26-17/h4,6,12,16H,2-3,5,7-11,13-15H2,1H3,(H,20,24)/t16-/m0/s1. The number of hydrogen-bond donors (Lipinski definition) is 1. The van der Waals surface area contributed by atoms with Crippen molar-refractivity contribution in [3.63, 3.8) is 0 Å². The monoisotopic (exact) mass is 378 g/mol. The first-order valence-electron chi connectivity index (χ1n) is 9.65. The SMILES string of the molecule is C[C@H]1CCCCN1C(=O)CN1CCN(CC(=O)NCc2cccs2)CC1. The highest BCUT2D eigenvalue weighted by Crippen LogP contribution is 2.17. The molecule has 0 radical (unpaired) electrons. The van der Waals surface area contributed by atoms with E-state index in [0.717, 1.165) is 45.6 Å². The number of rotatable bonds is 6. The second-order valence-corrected chi connectivity index (χ2v) is 8.37. The highest BCUT2D eigenvalue weighted by atomic mass is 32.1. The molecule has 1 N–H and O–H groups in total. The molecule has 0 spiro atoms. The van der Waals surface area contributed by atoms with E-state index in [1.54, 1.807) is 11.3 Å². The largest absolute Gasteiger partial charge is 0.350 e. The predicted octanol–water partition coefficient (Wildman–Crippen LogP) is 1.38. The Balaban J connectivity index is 1.34. The molecule has 1 aromatic heterocycles. The van der Waals surface area contributed by atoms with Gasteiger partial charge in [0.2, 0.25) is 11.8 Å². The number of likely N-dealkylation sites (tertiary alicyclic amines) is 1. The van der Waals surface area contributed by atoms with Gasteiger partial charge in [0.15, 0.2) is 0 Å². The number of nitrogens with zero attached hydrogens (tertiary/aromatic N) is 3. The van der Waals surface area contributed by atoms with Crippen molar-refractivity contribution >= 4 is 23.2 Å². The van der Waals surface area contributed by atoms with Crippen molar-refractivity contribution in [2.45, 2.75) is 38.8 Å². The lowest BCUT2D eigenvalue weighted by molar-refractivity contribution is -0.136. The molecule has 2 fully saturated rings. The van der Waals surface area contributed by atoms with Crippen LogP contribution in [0.3, 0.4) is 0 Å². The third-order valence-corrected chi connectivity index (χ3v) is 6.23. The van der Waals surface area contributed by atoms with Gasteiger partial charge in [-0.1, -0.05) is 6.07 Å². The van der Waals surface area contributed by atoms with Gasteiger partial charge < -0.3 is 10.2 Å². The maximum Gasteiger partial charge on any atom is 0.236 e. The number of carbonyl (C=O) groups excluding carboxylic acids is 2. The maximum atomic E-state index is 12.5. The molecule has 2 aliphatic rings. The maximum absolute atomic E-state index is 12.5. The fourth-order valence-electron chi connectivity index (χ4n) is 3.71. The Morgan fingerprint density at radius 1 is 1.12 bits per heavy atom. The Kier molecular flexibility index (Phi) is 7.05. The lowest BCUT2D eigenvalue weighted by Gasteiger charge is -2.37. The van der Waals surface area contributed by atoms with Crippen molar-refractivity contribution in [2.24, 2.45) is 0 Å². The summed E-state index contributed by atoms with van der Waals surface area (Å²) in [5.41, 5.74) is 0. The predicted molar refractivity (Wildman–Crippen MR) is 104 cm³/mol. The Bertz CT molecular complexity index is 584. The fourth-order valence-corrected chi connectivity index (χ4v) is 4.36. The molecular formula is C19H30N4O2S. The van der Waals surface area contributed by atoms with Crippen molar-refractivity contribution in [1.82, 2.24) is 20.0 Å². The van der Waals surface area contributed by atoms with E-state index in [4.69, 9.17) is 0 Å². The van der Waals surface area contributed by atoms with E-state index in [-0.39, 0.29) is 11.8 Å². The zero-order valence-electron chi connectivity index (χ0n) is 15.7. The van der Waals surface area contributed by atoms with E-state index in [1.165, 1.54) is 11.3 Å². The van der Waals surface area contributed by atoms with Crippen LogP contribution in [0.15, 0.2) is 17.5 Å². The molecule has 0 aromatic carbocycles. The topological polar surface area (TPSA) is 55.9 Å². The van der Waals surface area contributed by atoms with Crippen LogP contribution in [-0.4, -0.2) is 78.4 Å². The van der Waals surface area contributed by atoms with Gasteiger partial charge in [-0.25, -0.2) is 0 Å². The average Bonchev–Trinajstić information content (AvgIpc) is 3.15. The van der Waals surface area contributed by atoms with E-state index in [0.29, 0.717) is 25.7 Å². The summed E-state index contributed by atoms with van der Waals surface area (Å²) in [5.74, 6) is 0.337. The average molecular weight is 379 g/mol. The van der Waals surface area contributed by atoms with E-state index in [9.17, 15) is 9.59 Å². The molecule has 0 bridgehead atoms. The summed E-state index contributed by atoms with van der Waals surface area (Å²) >= 11 is 1.66. The quantitative estimate of drug-likeness (QED) is 0.813. The first-order chi connectivity index (χ1) is 12.6. The minimum absolute atomic E-state index is 0.0741. The van der Waals surface area contributed by atoms with Gasteiger partial charge in [0.25, 0.3) is 0 Å². The van der Waals surface area contributed by atoms with Crippen LogP contribution in [-0.2, 0) is 16.1 Å². The van der Waals surface area contributed by atoms with Crippen molar-refractivity contribution in [3.8, 4) is 0 Å². The van der Waals surface area contributed by atoms with E-state index < -0.39 is 0 Å². The third kappa shape index (κ3) is 5.53. The molecule has 1 atom stereocenters. The van der Waals surface area contributed by atoms with Gasteiger partial charge in [-0.05, 0) is 37.6 Å². The van der Waals surface area contributed by atoms with Crippen LogP contribution in [0.4, 0.5) is 0 Å². The Morgan fingerprint density at radius 2 is 1.85 bits per heavy atom. The van der Waals surface area contributed by atoms with Crippen molar-refractivity contribution < 1.29 is 9.59 Å². The number of piperidine rings is 1. The molecule has 2 amide bonds.